The molecule has 2 rings (SSSR count). The van der Waals surface area contributed by atoms with Crippen LogP contribution in [0.15, 0.2) is 4.52 Å². The van der Waals surface area contributed by atoms with Crippen molar-refractivity contribution < 1.29 is 4.52 Å². The molecule has 1 aliphatic heterocycles. The molecular formula is C7H10N2OS. The Bertz CT molecular complexity index is 314. The summed E-state index contributed by atoms with van der Waals surface area (Å²) < 4.78 is 5.96. The van der Waals surface area contributed by atoms with Crippen LogP contribution in [0.4, 0.5) is 0 Å². The summed E-state index contributed by atoms with van der Waals surface area (Å²) in [6.07, 6.45) is 1.01. The predicted octanol–water partition coefficient (Wildman–Crippen LogP) is 1.33. The molecule has 4 heteroatoms. The lowest BCUT2D eigenvalue weighted by Crippen LogP contribution is -2.25. The van der Waals surface area contributed by atoms with E-state index in [0.29, 0.717) is 0 Å². The zero-order valence-corrected chi connectivity index (χ0v) is 7.20. The molecule has 0 bridgehead atoms. The third-order valence-electron chi connectivity index (χ3n) is 2.03. The van der Waals surface area contributed by atoms with Crippen molar-refractivity contribution in [2.24, 2.45) is 0 Å². The Morgan fingerprint density at radius 1 is 1.64 bits per heavy atom. The standard InChI is InChI=1S/C7H10N2OS/c1-9-3-2-5-6(4-9)10-8-7(5)11/h2-4H2,1H3,(H,8,11). The van der Waals surface area contributed by atoms with E-state index >= 15 is 0 Å². The molecule has 0 amide bonds. The van der Waals surface area contributed by atoms with E-state index in [1.54, 1.807) is 0 Å². The molecule has 3 nitrogen and oxygen atoms in total. The van der Waals surface area contributed by atoms with Crippen molar-refractivity contribution in [1.82, 2.24) is 10.1 Å². The maximum absolute atomic E-state index is 5.19. The predicted molar refractivity (Wildman–Crippen MR) is 43.9 cm³/mol. The summed E-state index contributed by atoms with van der Waals surface area (Å²) >= 11 is 5.04. The lowest BCUT2D eigenvalue weighted by molar-refractivity contribution is 0.257. The molecule has 0 unspecified atom stereocenters. The van der Waals surface area contributed by atoms with Crippen LogP contribution in [0.3, 0.4) is 0 Å². The van der Waals surface area contributed by atoms with Crippen molar-refractivity contribution in [3.05, 3.63) is 16.0 Å². The van der Waals surface area contributed by atoms with Gasteiger partial charge in [-0.2, -0.15) is 0 Å². The minimum Gasteiger partial charge on any atom is -0.384 e. The van der Waals surface area contributed by atoms with E-state index in [9.17, 15) is 0 Å². The molecular weight excluding hydrogens is 160 g/mol. The molecule has 0 aromatic carbocycles. The zero-order valence-electron chi connectivity index (χ0n) is 6.39. The van der Waals surface area contributed by atoms with Crippen molar-refractivity contribution in [1.29, 1.82) is 0 Å². The van der Waals surface area contributed by atoms with E-state index < -0.39 is 0 Å². The molecule has 60 valence electrons. The highest BCUT2D eigenvalue weighted by atomic mass is 32.1. The van der Waals surface area contributed by atoms with Crippen LogP contribution in [-0.4, -0.2) is 23.6 Å². The number of H-pyrrole nitrogens is 1. The monoisotopic (exact) mass is 170 g/mol. The van der Waals surface area contributed by atoms with Crippen LogP contribution >= 0.6 is 12.2 Å². The van der Waals surface area contributed by atoms with E-state index in [1.807, 2.05) is 0 Å². The van der Waals surface area contributed by atoms with E-state index in [2.05, 4.69) is 17.1 Å². The van der Waals surface area contributed by atoms with Gasteiger partial charge >= 0.3 is 0 Å². The van der Waals surface area contributed by atoms with Crippen molar-refractivity contribution in [3.8, 4) is 0 Å². The second kappa shape index (κ2) is 2.46. The molecule has 0 fully saturated rings. The van der Waals surface area contributed by atoms with Gasteiger partial charge in [-0.1, -0.05) is 12.2 Å². The number of fused-ring (bicyclic) bond motifs is 1. The first-order valence-electron chi connectivity index (χ1n) is 3.65. The maximum Gasteiger partial charge on any atom is 0.152 e. The quantitative estimate of drug-likeness (QED) is 0.596. The Hall–Kier alpha value is -0.610. The zero-order chi connectivity index (χ0) is 7.84. The summed E-state index contributed by atoms with van der Waals surface area (Å²) in [6.45, 7) is 1.95. The Morgan fingerprint density at radius 2 is 2.45 bits per heavy atom. The van der Waals surface area contributed by atoms with Gasteiger partial charge in [0.2, 0.25) is 0 Å². The fraction of sp³-hybridized carbons (Fsp3) is 0.571. The molecule has 0 saturated heterocycles. The second-order valence-electron chi connectivity index (χ2n) is 2.92. The largest absolute Gasteiger partial charge is 0.384 e. The minimum absolute atomic E-state index is 0.771. The van der Waals surface area contributed by atoms with Crippen LogP contribution in [0.25, 0.3) is 0 Å². The molecule has 0 aliphatic carbocycles. The normalized spacial score (nSPS) is 18.3. The second-order valence-corrected chi connectivity index (χ2v) is 3.33. The van der Waals surface area contributed by atoms with Gasteiger partial charge in [-0.25, -0.2) is 5.16 Å². The first-order valence-corrected chi connectivity index (χ1v) is 4.06. The average Bonchev–Trinajstić information content (AvgIpc) is 2.32. The summed E-state index contributed by atoms with van der Waals surface area (Å²) in [5.74, 6) is 1.00. The molecule has 11 heavy (non-hydrogen) atoms. The molecule has 1 aromatic heterocycles. The van der Waals surface area contributed by atoms with Gasteiger partial charge in [0.15, 0.2) is 5.76 Å². The number of hydrogen-bond acceptors (Lipinski definition) is 3. The SMILES string of the molecule is CN1CCc2c(o[nH]c2=S)C1. The van der Waals surface area contributed by atoms with Crippen molar-refractivity contribution in [2.75, 3.05) is 13.6 Å². The molecule has 0 spiro atoms. The number of aromatic amines is 1. The molecule has 2 heterocycles. The summed E-state index contributed by atoms with van der Waals surface area (Å²) in [4.78, 5) is 2.22. The van der Waals surface area contributed by atoms with Crippen LogP contribution in [0.1, 0.15) is 11.3 Å². The molecule has 1 aromatic rings. The highest BCUT2D eigenvalue weighted by molar-refractivity contribution is 7.71. The minimum atomic E-state index is 0.771. The molecule has 1 N–H and O–H groups in total. The van der Waals surface area contributed by atoms with Crippen molar-refractivity contribution >= 4 is 12.2 Å². The Morgan fingerprint density at radius 3 is 3.27 bits per heavy atom. The van der Waals surface area contributed by atoms with Crippen molar-refractivity contribution in [2.45, 2.75) is 13.0 Å². The number of nitrogens with one attached hydrogen (secondary N) is 1. The van der Waals surface area contributed by atoms with Gasteiger partial charge < -0.3 is 4.52 Å². The highest BCUT2D eigenvalue weighted by Crippen LogP contribution is 2.17. The number of hydrogen-bond donors (Lipinski definition) is 1. The Kier molecular flexibility index (Phi) is 1.58. The number of nitrogens with zero attached hydrogens (tertiary/aromatic N) is 1. The van der Waals surface area contributed by atoms with Crippen LogP contribution in [0.2, 0.25) is 0 Å². The summed E-state index contributed by atoms with van der Waals surface area (Å²) in [7, 11) is 2.08. The van der Waals surface area contributed by atoms with Gasteiger partial charge in [-0.15, -0.1) is 0 Å². The Labute approximate surface area is 70.0 Å². The van der Waals surface area contributed by atoms with E-state index in [-0.39, 0.29) is 0 Å². The maximum atomic E-state index is 5.19. The Balaban J connectivity index is 2.44. The third kappa shape index (κ3) is 1.12. The third-order valence-corrected chi connectivity index (χ3v) is 2.36. The summed E-state index contributed by atoms with van der Waals surface area (Å²) in [5.41, 5.74) is 1.19. The highest BCUT2D eigenvalue weighted by Gasteiger charge is 2.17. The van der Waals surface area contributed by atoms with E-state index in [1.165, 1.54) is 5.56 Å². The fourth-order valence-electron chi connectivity index (χ4n) is 1.37. The first-order chi connectivity index (χ1) is 5.27. The van der Waals surface area contributed by atoms with Gasteiger partial charge in [0.1, 0.15) is 4.64 Å². The molecule has 1 aliphatic rings. The fourth-order valence-corrected chi connectivity index (χ4v) is 1.62. The average molecular weight is 170 g/mol. The first kappa shape index (κ1) is 7.06. The number of likely N-dealkylation sites (N-methyl/N-ethyl adjacent to an activating group) is 1. The molecule has 0 saturated carbocycles. The lowest BCUT2D eigenvalue weighted by Gasteiger charge is -2.19. The summed E-state index contributed by atoms with van der Waals surface area (Å²) in [5, 5.41) is 2.71. The summed E-state index contributed by atoms with van der Waals surface area (Å²) in [6, 6.07) is 0. The topological polar surface area (TPSA) is 32.2 Å². The van der Waals surface area contributed by atoms with Crippen LogP contribution in [0.5, 0.6) is 0 Å². The number of rotatable bonds is 0. The van der Waals surface area contributed by atoms with Gasteiger partial charge in [-0.05, 0) is 13.5 Å². The smallest absolute Gasteiger partial charge is 0.152 e. The van der Waals surface area contributed by atoms with Gasteiger partial charge in [0.05, 0.1) is 6.54 Å². The van der Waals surface area contributed by atoms with Crippen molar-refractivity contribution in [3.63, 3.8) is 0 Å². The van der Waals surface area contributed by atoms with E-state index in [0.717, 1.165) is 29.9 Å². The van der Waals surface area contributed by atoms with Gasteiger partial charge in [0, 0.05) is 12.1 Å². The van der Waals surface area contributed by atoms with Gasteiger partial charge in [-0.3, -0.25) is 4.90 Å². The lowest BCUT2D eigenvalue weighted by atomic mass is 10.1. The van der Waals surface area contributed by atoms with Crippen LogP contribution in [0, 0.1) is 4.64 Å². The van der Waals surface area contributed by atoms with Gasteiger partial charge in [0.25, 0.3) is 0 Å². The number of aromatic nitrogens is 1. The molecule has 0 radical (unpaired) electrons. The molecule has 0 atom stereocenters. The van der Waals surface area contributed by atoms with E-state index in [4.69, 9.17) is 16.7 Å². The van der Waals surface area contributed by atoms with Crippen LogP contribution in [-0.2, 0) is 13.0 Å². The van der Waals surface area contributed by atoms with Crippen LogP contribution < -0.4 is 0 Å².